The van der Waals surface area contributed by atoms with E-state index in [4.69, 9.17) is 0 Å². The lowest BCUT2D eigenvalue weighted by molar-refractivity contribution is 0.0740. The smallest absolute Gasteiger partial charge is 0.276 e. The van der Waals surface area contributed by atoms with Gasteiger partial charge in [0, 0.05) is 36.3 Å². The predicted molar refractivity (Wildman–Crippen MR) is 108 cm³/mol. The van der Waals surface area contributed by atoms with Crippen LogP contribution in [-0.2, 0) is 0 Å². The van der Waals surface area contributed by atoms with Crippen molar-refractivity contribution in [1.29, 1.82) is 0 Å². The van der Waals surface area contributed by atoms with E-state index in [2.05, 4.69) is 43.3 Å². The number of carbonyl (C=O) groups excluding carboxylic acids is 1. The van der Waals surface area contributed by atoms with E-state index in [0.29, 0.717) is 18.8 Å². The molecule has 7 heteroatoms. The van der Waals surface area contributed by atoms with Gasteiger partial charge in [-0.1, -0.05) is 39.3 Å². The highest BCUT2D eigenvalue weighted by Crippen LogP contribution is 2.19. The first-order valence-electron chi connectivity index (χ1n) is 8.91. The average Bonchev–Trinajstić information content (AvgIpc) is 3.10. The average molecular weight is 426 g/mol. The van der Waals surface area contributed by atoms with E-state index >= 15 is 0 Å². The molecular weight excluding hydrogens is 406 g/mol. The van der Waals surface area contributed by atoms with Gasteiger partial charge in [-0.2, -0.15) is 0 Å². The topological polar surface area (TPSA) is 54.3 Å². The second kappa shape index (κ2) is 7.52. The number of rotatable bonds is 3. The van der Waals surface area contributed by atoms with Gasteiger partial charge in [0.1, 0.15) is 0 Å². The van der Waals surface area contributed by atoms with Crippen LogP contribution < -0.4 is 4.90 Å². The fourth-order valence-corrected chi connectivity index (χ4v) is 3.57. The van der Waals surface area contributed by atoms with Gasteiger partial charge >= 0.3 is 0 Å². The molecule has 0 bridgehead atoms. The van der Waals surface area contributed by atoms with Gasteiger partial charge in [-0.05, 0) is 43.3 Å². The van der Waals surface area contributed by atoms with Crippen LogP contribution in [0.25, 0.3) is 5.69 Å². The van der Waals surface area contributed by atoms with Crippen molar-refractivity contribution in [1.82, 2.24) is 19.9 Å². The number of carbonyl (C=O) groups is 1. The highest BCUT2D eigenvalue weighted by atomic mass is 79.9. The third-order valence-electron chi connectivity index (χ3n) is 4.86. The number of nitrogens with zero attached hydrogens (tertiary/aromatic N) is 5. The number of halogens is 1. The van der Waals surface area contributed by atoms with Crippen molar-refractivity contribution in [2.24, 2.45) is 0 Å². The van der Waals surface area contributed by atoms with Crippen LogP contribution in [0.3, 0.4) is 0 Å². The fraction of sp³-hybridized carbons (Fsp3) is 0.250. The molecule has 3 aromatic rings. The molecule has 0 N–H and O–H groups in total. The second-order valence-electron chi connectivity index (χ2n) is 6.53. The van der Waals surface area contributed by atoms with Crippen molar-refractivity contribution < 1.29 is 4.79 Å². The molecule has 2 heterocycles. The molecule has 1 fully saturated rings. The summed E-state index contributed by atoms with van der Waals surface area (Å²) in [4.78, 5) is 17.1. The van der Waals surface area contributed by atoms with Gasteiger partial charge in [0.25, 0.3) is 5.91 Å². The molecule has 1 amide bonds. The third-order valence-corrected chi connectivity index (χ3v) is 5.39. The SMILES string of the molecule is Cc1c(C(=O)N2CCN(c3ccccc3)CC2)nnn1-c1ccc(Br)cc1. The van der Waals surface area contributed by atoms with Crippen LogP contribution in [-0.4, -0.2) is 52.0 Å². The molecule has 0 radical (unpaired) electrons. The number of hydrogen-bond acceptors (Lipinski definition) is 4. The minimum Gasteiger partial charge on any atom is -0.368 e. The summed E-state index contributed by atoms with van der Waals surface area (Å²) >= 11 is 3.43. The lowest BCUT2D eigenvalue weighted by Crippen LogP contribution is -2.49. The summed E-state index contributed by atoms with van der Waals surface area (Å²) in [5.74, 6) is -0.0522. The zero-order chi connectivity index (χ0) is 18.8. The summed E-state index contributed by atoms with van der Waals surface area (Å²) in [6.07, 6.45) is 0. The molecule has 4 rings (SSSR count). The van der Waals surface area contributed by atoms with Crippen LogP contribution in [0.15, 0.2) is 59.1 Å². The number of hydrogen-bond donors (Lipinski definition) is 0. The summed E-state index contributed by atoms with van der Waals surface area (Å²) in [7, 11) is 0. The lowest BCUT2D eigenvalue weighted by atomic mass is 10.2. The van der Waals surface area contributed by atoms with E-state index in [1.165, 1.54) is 5.69 Å². The van der Waals surface area contributed by atoms with Gasteiger partial charge in [0.05, 0.1) is 11.4 Å². The zero-order valence-electron chi connectivity index (χ0n) is 15.0. The summed E-state index contributed by atoms with van der Waals surface area (Å²) in [6.45, 7) is 4.87. The summed E-state index contributed by atoms with van der Waals surface area (Å²) in [6, 6.07) is 18.1. The molecule has 0 unspecified atom stereocenters. The first-order valence-corrected chi connectivity index (χ1v) is 9.70. The number of anilines is 1. The second-order valence-corrected chi connectivity index (χ2v) is 7.44. The summed E-state index contributed by atoms with van der Waals surface area (Å²) in [5.41, 5.74) is 3.26. The maximum Gasteiger partial charge on any atom is 0.276 e. The van der Waals surface area contributed by atoms with E-state index < -0.39 is 0 Å². The van der Waals surface area contributed by atoms with Crippen molar-refractivity contribution in [3.63, 3.8) is 0 Å². The first-order chi connectivity index (χ1) is 13.1. The molecule has 6 nitrogen and oxygen atoms in total. The largest absolute Gasteiger partial charge is 0.368 e. The van der Waals surface area contributed by atoms with E-state index in [-0.39, 0.29) is 5.91 Å². The Bertz CT molecular complexity index is 931. The van der Waals surface area contributed by atoms with Gasteiger partial charge in [-0.25, -0.2) is 4.68 Å². The first kappa shape index (κ1) is 17.7. The number of amides is 1. The molecular formula is C20H20BrN5O. The molecule has 0 saturated carbocycles. The quantitative estimate of drug-likeness (QED) is 0.645. The van der Waals surface area contributed by atoms with Crippen molar-refractivity contribution in [2.75, 3.05) is 31.1 Å². The zero-order valence-corrected chi connectivity index (χ0v) is 16.6. The molecule has 0 aliphatic carbocycles. The van der Waals surface area contributed by atoms with Crippen molar-refractivity contribution in [2.45, 2.75) is 6.92 Å². The number of para-hydroxylation sites is 1. The Morgan fingerprint density at radius 1 is 0.926 bits per heavy atom. The number of piperazine rings is 1. The Kier molecular flexibility index (Phi) is 4.94. The predicted octanol–water partition coefficient (Wildman–Crippen LogP) is 3.30. The normalized spacial score (nSPS) is 14.4. The molecule has 1 aromatic heterocycles. The van der Waals surface area contributed by atoms with Crippen LogP contribution in [0, 0.1) is 6.92 Å². The number of benzene rings is 2. The Hall–Kier alpha value is -2.67. The van der Waals surface area contributed by atoms with Crippen LogP contribution >= 0.6 is 15.9 Å². The van der Waals surface area contributed by atoms with Crippen LogP contribution in [0.1, 0.15) is 16.2 Å². The van der Waals surface area contributed by atoms with Crippen molar-refractivity contribution in [3.8, 4) is 5.69 Å². The summed E-state index contributed by atoms with van der Waals surface area (Å²) < 4.78 is 2.71. The monoisotopic (exact) mass is 425 g/mol. The van der Waals surface area contributed by atoms with E-state index in [1.807, 2.05) is 54.3 Å². The molecule has 0 atom stereocenters. The maximum atomic E-state index is 12.9. The Balaban J connectivity index is 1.47. The molecule has 2 aromatic carbocycles. The van der Waals surface area contributed by atoms with Crippen LogP contribution in [0.5, 0.6) is 0 Å². The fourth-order valence-electron chi connectivity index (χ4n) is 3.31. The molecule has 1 aliphatic heterocycles. The van der Waals surface area contributed by atoms with E-state index in [0.717, 1.165) is 28.9 Å². The maximum absolute atomic E-state index is 12.9. The molecule has 27 heavy (non-hydrogen) atoms. The number of aromatic nitrogens is 3. The van der Waals surface area contributed by atoms with Gasteiger partial charge in [-0.15, -0.1) is 5.10 Å². The highest BCUT2D eigenvalue weighted by molar-refractivity contribution is 9.10. The van der Waals surface area contributed by atoms with Gasteiger partial charge in [0.2, 0.25) is 0 Å². The Labute approximate surface area is 166 Å². The molecule has 1 saturated heterocycles. The van der Waals surface area contributed by atoms with Crippen molar-refractivity contribution in [3.05, 3.63) is 70.5 Å². The molecule has 1 aliphatic rings. The molecule has 138 valence electrons. The Morgan fingerprint density at radius 2 is 1.59 bits per heavy atom. The van der Waals surface area contributed by atoms with Crippen LogP contribution in [0.4, 0.5) is 5.69 Å². The third kappa shape index (κ3) is 3.60. The van der Waals surface area contributed by atoms with Crippen LogP contribution in [0.2, 0.25) is 0 Å². The van der Waals surface area contributed by atoms with E-state index in [9.17, 15) is 4.79 Å². The van der Waals surface area contributed by atoms with Gasteiger partial charge in [-0.3, -0.25) is 4.79 Å². The van der Waals surface area contributed by atoms with E-state index in [1.54, 1.807) is 4.68 Å². The highest BCUT2D eigenvalue weighted by Gasteiger charge is 2.26. The van der Waals surface area contributed by atoms with Gasteiger partial charge in [0.15, 0.2) is 5.69 Å². The standard InChI is InChI=1S/C20H20BrN5O/c1-15-19(22-23-26(15)18-9-7-16(21)8-10-18)20(27)25-13-11-24(12-14-25)17-5-3-2-4-6-17/h2-10H,11-14H2,1H3. The lowest BCUT2D eigenvalue weighted by Gasteiger charge is -2.35. The van der Waals surface area contributed by atoms with Gasteiger partial charge < -0.3 is 9.80 Å². The minimum atomic E-state index is -0.0522. The Morgan fingerprint density at radius 3 is 2.26 bits per heavy atom. The van der Waals surface area contributed by atoms with Crippen molar-refractivity contribution >= 4 is 27.5 Å². The minimum absolute atomic E-state index is 0.0522. The molecule has 0 spiro atoms. The summed E-state index contributed by atoms with van der Waals surface area (Å²) in [5, 5.41) is 8.35.